The third-order valence-electron chi connectivity index (χ3n) is 3.12. The predicted octanol–water partition coefficient (Wildman–Crippen LogP) is 1.89. The normalized spacial score (nSPS) is 26.9. The van der Waals surface area contributed by atoms with Gasteiger partial charge in [-0.15, -0.1) is 0 Å². The summed E-state index contributed by atoms with van der Waals surface area (Å²) in [7, 11) is 0. The van der Waals surface area contributed by atoms with Gasteiger partial charge >= 0.3 is 0 Å². The van der Waals surface area contributed by atoms with Gasteiger partial charge in [-0.25, -0.2) is 0 Å². The van der Waals surface area contributed by atoms with E-state index in [1.807, 2.05) is 6.92 Å². The Balaban J connectivity index is 2.81. The van der Waals surface area contributed by atoms with Gasteiger partial charge in [0.1, 0.15) is 0 Å². The van der Waals surface area contributed by atoms with Crippen molar-refractivity contribution in [3.05, 3.63) is 11.8 Å². The number of allylic oxidation sites excluding steroid dienone is 2. The fourth-order valence-corrected chi connectivity index (χ4v) is 1.97. The number of rotatable bonds is 3. The fraction of sp³-hybridized carbons (Fsp3) is 0.636. The van der Waals surface area contributed by atoms with E-state index in [2.05, 4.69) is 6.07 Å². The van der Waals surface area contributed by atoms with Gasteiger partial charge in [0.2, 0.25) is 0 Å². The van der Waals surface area contributed by atoms with Gasteiger partial charge in [-0.3, -0.25) is 4.79 Å². The standard InChI is InChI=1S/C11H16N2O/c1-2-11(5-3-7-12)6-4-9(13)8-10(11)14/h8H,2-6,13H2,1H3/t11-/m0/s1. The minimum Gasteiger partial charge on any atom is -0.402 e. The molecule has 1 aliphatic carbocycles. The summed E-state index contributed by atoms with van der Waals surface area (Å²) in [5, 5.41) is 8.54. The highest BCUT2D eigenvalue weighted by atomic mass is 16.1. The molecule has 0 aromatic carbocycles. The molecule has 0 aromatic rings. The molecule has 0 heterocycles. The monoisotopic (exact) mass is 192 g/mol. The molecule has 0 amide bonds. The van der Waals surface area contributed by atoms with Gasteiger partial charge in [0, 0.05) is 23.6 Å². The molecule has 0 aliphatic heterocycles. The second-order valence-electron chi connectivity index (χ2n) is 3.88. The highest BCUT2D eigenvalue weighted by Gasteiger charge is 2.36. The number of hydrogen-bond acceptors (Lipinski definition) is 3. The Kier molecular flexibility index (Phi) is 3.29. The summed E-state index contributed by atoms with van der Waals surface area (Å²) in [6.07, 6.45) is 5.05. The van der Waals surface area contributed by atoms with Crippen molar-refractivity contribution in [2.45, 2.75) is 39.0 Å². The molecule has 1 atom stereocenters. The smallest absolute Gasteiger partial charge is 0.163 e. The van der Waals surface area contributed by atoms with Crippen LogP contribution in [0.4, 0.5) is 0 Å². The molecule has 0 fully saturated rings. The van der Waals surface area contributed by atoms with Gasteiger partial charge in [-0.05, 0) is 25.7 Å². The van der Waals surface area contributed by atoms with Crippen molar-refractivity contribution >= 4 is 5.78 Å². The maximum absolute atomic E-state index is 11.8. The lowest BCUT2D eigenvalue weighted by atomic mass is 9.70. The lowest BCUT2D eigenvalue weighted by Gasteiger charge is -2.32. The number of nitrogens with two attached hydrogens (primary N) is 1. The van der Waals surface area contributed by atoms with Crippen LogP contribution in [0.3, 0.4) is 0 Å². The Labute approximate surface area is 84.6 Å². The Morgan fingerprint density at radius 1 is 1.71 bits per heavy atom. The molecule has 0 saturated heterocycles. The van der Waals surface area contributed by atoms with Crippen LogP contribution in [0.5, 0.6) is 0 Å². The van der Waals surface area contributed by atoms with Gasteiger partial charge in [0.25, 0.3) is 0 Å². The molecular formula is C11H16N2O. The third kappa shape index (κ3) is 1.95. The summed E-state index contributed by atoms with van der Waals surface area (Å²) in [6.45, 7) is 2.00. The molecule has 2 N–H and O–H groups in total. The largest absolute Gasteiger partial charge is 0.402 e. The fourth-order valence-electron chi connectivity index (χ4n) is 1.97. The van der Waals surface area contributed by atoms with E-state index in [1.54, 1.807) is 6.08 Å². The number of ketones is 1. The zero-order chi connectivity index (χ0) is 10.6. The Bertz CT molecular complexity index is 301. The summed E-state index contributed by atoms with van der Waals surface area (Å²) in [5.74, 6) is 0.110. The highest BCUT2D eigenvalue weighted by molar-refractivity contribution is 5.96. The number of nitrogens with zero attached hydrogens (tertiary/aromatic N) is 1. The molecule has 3 heteroatoms. The molecule has 14 heavy (non-hydrogen) atoms. The van der Waals surface area contributed by atoms with Crippen LogP contribution < -0.4 is 5.73 Å². The molecule has 0 unspecified atom stereocenters. The van der Waals surface area contributed by atoms with Crippen LogP contribution in [-0.2, 0) is 4.79 Å². The van der Waals surface area contributed by atoms with Gasteiger partial charge in [-0.1, -0.05) is 6.92 Å². The number of carbonyl (C=O) groups excluding carboxylic acids is 1. The first-order chi connectivity index (χ1) is 6.64. The Morgan fingerprint density at radius 3 is 2.93 bits per heavy atom. The Morgan fingerprint density at radius 2 is 2.43 bits per heavy atom. The van der Waals surface area contributed by atoms with Crippen LogP contribution in [0, 0.1) is 16.7 Å². The lowest BCUT2D eigenvalue weighted by Crippen LogP contribution is -2.33. The second kappa shape index (κ2) is 4.28. The molecule has 0 bridgehead atoms. The molecule has 1 rings (SSSR count). The van der Waals surface area contributed by atoms with E-state index < -0.39 is 0 Å². The predicted molar refractivity (Wildman–Crippen MR) is 54.1 cm³/mol. The molecule has 76 valence electrons. The first kappa shape index (κ1) is 10.8. The van der Waals surface area contributed by atoms with E-state index in [9.17, 15) is 4.79 Å². The average molecular weight is 192 g/mol. The molecular weight excluding hydrogens is 176 g/mol. The summed E-state index contributed by atoms with van der Waals surface area (Å²) >= 11 is 0. The molecule has 3 nitrogen and oxygen atoms in total. The maximum Gasteiger partial charge on any atom is 0.163 e. The molecule has 1 aliphatic rings. The van der Waals surface area contributed by atoms with Crippen molar-refractivity contribution in [1.82, 2.24) is 0 Å². The zero-order valence-corrected chi connectivity index (χ0v) is 8.55. The van der Waals surface area contributed by atoms with Crippen LogP contribution in [-0.4, -0.2) is 5.78 Å². The molecule has 0 saturated carbocycles. The molecule has 0 aromatic heterocycles. The summed E-state index contributed by atoms with van der Waals surface area (Å²) in [5.41, 5.74) is 5.97. The summed E-state index contributed by atoms with van der Waals surface area (Å²) in [4.78, 5) is 11.8. The van der Waals surface area contributed by atoms with Crippen LogP contribution >= 0.6 is 0 Å². The number of carbonyl (C=O) groups is 1. The summed E-state index contributed by atoms with van der Waals surface area (Å²) in [6, 6.07) is 2.10. The minimum absolute atomic E-state index is 0.110. The average Bonchev–Trinajstić information content (AvgIpc) is 2.18. The van der Waals surface area contributed by atoms with Crippen molar-refractivity contribution < 1.29 is 4.79 Å². The lowest BCUT2D eigenvalue weighted by molar-refractivity contribution is -0.125. The van der Waals surface area contributed by atoms with Gasteiger partial charge in [0.05, 0.1) is 6.07 Å². The SMILES string of the molecule is CC[C@]1(CCC#N)CCC(N)=CC1=O. The number of hydrogen-bond donors (Lipinski definition) is 1. The van der Waals surface area contributed by atoms with Gasteiger partial charge in [0.15, 0.2) is 5.78 Å². The van der Waals surface area contributed by atoms with Crippen LogP contribution in [0.15, 0.2) is 11.8 Å². The minimum atomic E-state index is -0.307. The second-order valence-corrected chi connectivity index (χ2v) is 3.88. The van der Waals surface area contributed by atoms with Crippen LogP contribution in [0.1, 0.15) is 39.0 Å². The first-order valence-electron chi connectivity index (χ1n) is 5.02. The van der Waals surface area contributed by atoms with Crippen LogP contribution in [0.25, 0.3) is 0 Å². The quantitative estimate of drug-likeness (QED) is 0.742. The third-order valence-corrected chi connectivity index (χ3v) is 3.12. The van der Waals surface area contributed by atoms with Crippen molar-refractivity contribution in [3.8, 4) is 6.07 Å². The molecule has 0 radical (unpaired) electrons. The van der Waals surface area contributed by atoms with Crippen molar-refractivity contribution in [2.24, 2.45) is 11.1 Å². The van der Waals surface area contributed by atoms with Crippen molar-refractivity contribution in [2.75, 3.05) is 0 Å². The van der Waals surface area contributed by atoms with E-state index in [0.717, 1.165) is 19.3 Å². The van der Waals surface area contributed by atoms with Crippen molar-refractivity contribution in [3.63, 3.8) is 0 Å². The number of nitriles is 1. The van der Waals surface area contributed by atoms with E-state index >= 15 is 0 Å². The summed E-state index contributed by atoms with van der Waals surface area (Å²) < 4.78 is 0. The highest BCUT2D eigenvalue weighted by Crippen LogP contribution is 2.38. The van der Waals surface area contributed by atoms with Gasteiger partial charge in [-0.2, -0.15) is 5.26 Å². The van der Waals surface area contributed by atoms with E-state index in [-0.39, 0.29) is 11.2 Å². The maximum atomic E-state index is 11.8. The topological polar surface area (TPSA) is 66.9 Å². The van der Waals surface area contributed by atoms with Crippen molar-refractivity contribution in [1.29, 1.82) is 5.26 Å². The van der Waals surface area contributed by atoms with E-state index in [0.29, 0.717) is 18.5 Å². The van der Waals surface area contributed by atoms with Gasteiger partial charge < -0.3 is 5.73 Å². The van der Waals surface area contributed by atoms with Crippen LogP contribution in [0.2, 0.25) is 0 Å². The first-order valence-corrected chi connectivity index (χ1v) is 5.02. The zero-order valence-electron chi connectivity index (χ0n) is 8.55. The van der Waals surface area contributed by atoms with E-state index in [1.165, 1.54) is 0 Å². The molecule has 0 spiro atoms. The Hall–Kier alpha value is -1.30. The van der Waals surface area contributed by atoms with E-state index in [4.69, 9.17) is 11.0 Å².